The molecule has 0 radical (unpaired) electrons. The zero-order chi connectivity index (χ0) is 19.0. The summed E-state index contributed by atoms with van der Waals surface area (Å²) in [5, 5.41) is 0. The number of anilines is 2. The average molecular weight is 452 g/mol. The molecule has 0 aromatic heterocycles. The van der Waals surface area contributed by atoms with Crippen LogP contribution in [0.4, 0.5) is 11.4 Å². The predicted octanol–water partition coefficient (Wildman–Crippen LogP) is 2.94. The first-order chi connectivity index (χ1) is 12.9. The second kappa shape index (κ2) is 7.33. The number of fused-ring (bicyclic) bond motifs is 1. The van der Waals surface area contributed by atoms with Crippen LogP contribution in [0.5, 0.6) is 5.75 Å². The third kappa shape index (κ3) is 3.93. The van der Waals surface area contributed by atoms with E-state index in [-0.39, 0.29) is 4.90 Å². The van der Waals surface area contributed by atoms with Crippen LogP contribution in [0.25, 0.3) is 0 Å². The average Bonchev–Trinajstić information content (AvgIpc) is 3.10. The number of nitrogens with one attached hydrogen (secondary N) is 1. The van der Waals surface area contributed by atoms with Gasteiger partial charge in [-0.1, -0.05) is 15.9 Å². The number of likely N-dealkylation sites (N-methyl/N-ethyl adjacent to an activating group) is 1. The second-order valence-corrected chi connectivity index (χ2v) is 9.53. The van der Waals surface area contributed by atoms with Gasteiger partial charge in [-0.2, -0.15) is 0 Å². The lowest BCUT2D eigenvalue weighted by Crippen LogP contribution is -2.44. The minimum absolute atomic E-state index is 0.239. The van der Waals surface area contributed by atoms with Crippen molar-refractivity contribution in [1.29, 1.82) is 0 Å². The molecule has 0 bridgehead atoms. The highest BCUT2D eigenvalue weighted by Crippen LogP contribution is 2.40. The van der Waals surface area contributed by atoms with E-state index in [1.165, 1.54) is 0 Å². The van der Waals surface area contributed by atoms with Crippen LogP contribution in [-0.4, -0.2) is 53.2 Å². The molecular formula is C19H22BrN3O3S. The first kappa shape index (κ1) is 18.6. The molecule has 0 atom stereocenters. The molecule has 144 valence electrons. The number of sulfonamides is 1. The molecule has 8 heteroatoms. The Hall–Kier alpha value is -1.77. The van der Waals surface area contributed by atoms with Crippen LogP contribution in [0.15, 0.2) is 45.8 Å². The van der Waals surface area contributed by atoms with E-state index in [9.17, 15) is 8.42 Å². The summed E-state index contributed by atoms with van der Waals surface area (Å²) in [5.74, 6) is 0.895. The lowest BCUT2D eigenvalue weighted by atomic mass is 10.1. The highest BCUT2D eigenvalue weighted by molar-refractivity contribution is 9.10. The van der Waals surface area contributed by atoms with Crippen molar-refractivity contribution in [3.8, 4) is 5.75 Å². The van der Waals surface area contributed by atoms with E-state index in [1.54, 1.807) is 24.3 Å². The number of benzene rings is 2. The van der Waals surface area contributed by atoms with Crippen molar-refractivity contribution in [3.05, 3.63) is 46.4 Å². The molecule has 2 aromatic carbocycles. The van der Waals surface area contributed by atoms with Crippen molar-refractivity contribution < 1.29 is 13.2 Å². The van der Waals surface area contributed by atoms with Gasteiger partial charge in [0.2, 0.25) is 0 Å². The molecule has 27 heavy (non-hydrogen) atoms. The van der Waals surface area contributed by atoms with Crippen molar-refractivity contribution in [3.63, 3.8) is 0 Å². The van der Waals surface area contributed by atoms with E-state index in [4.69, 9.17) is 4.74 Å². The first-order valence-corrected chi connectivity index (χ1v) is 11.2. The minimum Gasteiger partial charge on any atom is -0.491 e. The summed E-state index contributed by atoms with van der Waals surface area (Å²) in [6.07, 6.45) is 0.796. The summed E-state index contributed by atoms with van der Waals surface area (Å²) < 4.78 is 35.0. The number of halogens is 1. The third-order valence-corrected chi connectivity index (χ3v) is 6.91. The number of nitrogens with zero attached hydrogens (tertiary/aromatic N) is 2. The van der Waals surface area contributed by atoms with Gasteiger partial charge < -0.3 is 14.5 Å². The standard InChI is InChI=1S/C19H22BrN3O3S/c1-22-7-9-23(10-8-22)18-13-16(12-14-6-11-26-19(14)18)21-27(24,25)17-4-2-15(20)3-5-17/h2-5,12-13,21H,6-11H2,1H3. The summed E-state index contributed by atoms with van der Waals surface area (Å²) in [6, 6.07) is 10.4. The normalized spacial score (nSPS) is 17.5. The number of hydrogen-bond donors (Lipinski definition) is 1. The Morgan fingerprint density at radius 2 is 1.78 bits per heavy atom. The summed E-state index contributed by atoms with van der Waals surface area (Å²) in [6.45, 7) is 4.39. The molecule has 0 unspecified atom stereocenters. The van der Waals surface area contributed by atoms with E-state index in [0.717, 1.165) is 54.1 Å². The van der Waals surface area contributed by atoms with E-state index in [0.29, 0.717) is 12.3 Å². The largest absolute Gasteiger partial charge is 0.491 e. The molecule has 6 nitrogen and oxygen atoms in total. The van der Waals surface area contributed by atoms with Crippen LogP contribution < -0.4 is 14.4 Å². The molecular weight excluding hydrogens is 430 g/mol. The van der Waals surface area contributed by atoms with Gasteiger partial charge in [-0.25, -0.2) is 8.42 Å². The fourth-order valence-electron chi connectivity index (χ4n) is 3.46. The Balaban J connectivity index is 1.65. The fourth-order valence-corrected chi connectivity index (χ4v) is 4.76. The molecule has 1 saturated heterocycles. The molecule has 0 amide bonds. The van der Waals surface area contributed by atoms with Gasteiger partial charge in [0.05, 0.1) is 22.9 Å². The van der Waals surface area contributed by atoms with Crippen molar-refractivity contribution >= 4 is 37.3 Å². The zero-order valence-corrected chi connectivity index (χ0v) is 17.5. The van der Waals surface area contributed by atoms with Gasteiger partial charge in [0.15, 0.2) is 0 Å². The Morgan fingerprint density at radius 1 is 1.07 bits per heavy atom. The summed E-state index contributed by atoms with van der Waals surface area (Å²) in [7, 11) is -1.53. The molecule has 4 rings (SSSR count). The van der Waals surface area contributed by atoms with Gasteiger partial charge in [0, 0.05) is 42.6 Å². The maximum absolute atomic E-state index is 12.8. The van der Waals surface area contributed by atoms with Crippen LogP contribution >= 0.6 is 15.9 Å². The van der Waals surface area contributed by atoms with Gasteiger partial charge in [0.1, 0.15) is 5.75 Å². The Bertz CT molecular complexity index is 939. The lowest BCUT2D eigenvalue weighted by molar-refractivity contribution is 0.309. The third-order valence-electron chi connectivity index (χ3n) is 4.98. The Labute approximate surface area is 168 Å². The predicted molar refractivity (Wildman–Crippen MR) is 110 cm³/mol. The topological polar surface area (TPSA) is 61.9 Å². The van der Waals surface area contributed by atoms with Gasteiger partial charge in [-0.3, -0.25) is 4.72 Å². The smallest absolute Gasteiger partial charge is 0.261 e. The maximum atomic E-state index is 12.8. The maximum Gasteiger partial charge on any atom is 0.261 e. The summed E-state index contributed by atoms with van der Waals surface area (Å²) in [4.78, 5) is 4.81. The van der Waals surface area contributed by atoms with Crippen LogP contribution in [0.2, 0.25) is 0 Å². The molecule has 2 aliphatic rings. The van der Waals surface area contributed by atoms with E-state index >= 15 is 0 Å². The number of rotatable bonds is 4. The van der Waals surface area contributed by atoms with Gasteiger partial charge in [0.25, 0.3) is 10.0 Å². The summed E-state index contributed by atoms with van der Waals surface area (Å²) in [5.41, 5.74) is 2.61. The Morgan fingerprint density at radius 3 is 2.48 bits per heavy atom. The van der Waals surface area contributed by atoms with Crippen molar-refractivity contribution in [2.24, 2.45) is 0 Å². The monoisotopic (exact) mass is 451 g/mol. The first-order valence-electron chi connectivity index (χ1n) is 8.94. The molecule has 2 aromatic rings. The van der Waals surface area contributed by atoms with Crippen molar-refractivity contribution in [2.75, 3.05) is 49.5 Å². The van der Waals surface area contributed by atoms with Gasteiger partial charge in [-0.05, 0) is 43.4 Å². The highest BCUT2D eigenvalue weighted by Gasteiger charge is 2.25. The minimum atomic E-state index is -3.64. The van der Waals surface area contributed by atoms with E-state index < -0.39 is 10.0 Å². The summed E-state index contributed by atoms with van der Waals surface area (Å²) >= 11 is 3.33. The quantitative estimate of drug-likeness (QED) is 0.773. The molecule has 0 saturated carbocycles. The SMILES string of the molecule is CN1CCN(c2cc(NS(=O)(=O)c3ccc(Br)cc3)cc3c2OCC3)CC1. The molecule has 2 aliphatic heterocycles. The lowest BCUT2D eigenvalue weighted by Gasteiger charge is -2.35. The molecule has 0 aliphatic carbocycles. The van der Waals surface area contributed by atoms with Crippen LogP contribution in [-0.2, 0) is 16.4 Å². The van der Waals surface area contributed by atoms with Crippen molar-refractivity contribution in [2.45, 2.75) is 11.3 Å². The highest BCUT2D eigenvalue weighted by atomic mass is 79.9. The van der Waals surface area contributed by atoms with Crippen LogP contribution in [0, 0.1) is 0 Å². The number of hydrogen-bond acceptors (Lipinski definition) is 5. The zero-order valence-electron chi connectivity index (χ0n) is 15.1. The van der Waals surface area contributed by atoms with Crippen molar-refractivity contribution in [1.82, 2.24) is 4.90 Å². The molecule has 1 fully saturated rings. The van der Waals surface area contributed by atoms with E-state index in [2.05, 4.69) is 37.5 Å². The van der Waals surface area contributed by atoms with E-state index in [1.807, 2.05) is 12.1 Å². The van der Waals surface area contributed by atoms with Gasteiger partial charge in [-0.15, -0.1) is 0 Å². The number of piperazine rings is 1. The second-order valence-electron chi connectivity index (χ2n) is 6.93. The van der Waals surface area contributed by atoms with Crippen LogP contribution in [0.3, 0.4) is 0 Å². The fraction of sp³-hybridized carbons (Fsp3) is 0.368. The van der Waals surface area contributed by atoms with Crippen LogP contribution in [0.1, 0.15) is 5.56 Å². The molecule has 0 spiro atoms. The molecule has 1 N–H and O–H groups in total. The van der Waals surface area contributed by atoms with Gasteiger partial charge >= 0.3 is 0 Å². The number of ether oxygens (including phenoxy) is 1. The Kier molecular flexibility index (Phi) is 5.05. The molecule has 2 heterocycles.